The van der Waals surface area contributed by atoms with Gasteiger partial charge < -0.3 is 14.4 Å². The molecule has 7 heteroatoms. The lowest BCUT2D eigenvalue weighted by Crippen LogP contribution is -2.41. The molecule has 7 nitrogen and oxygen atoms in total. The zero-order valence-electron chi connectivity index (χ0n) is 19.6. The lowest BCUT2D eigenvalue weighted by molar-refractivity contribution is -0.674. The Labute approximate surface area is 189 Å². The van der Waals surface area contributed by atoms with E-state index in [0.29, 0.717) is 0 Å². The second kappa shape index (κ2) is 9.68. The fourth-order valence-corrected chi connectivity index (χ4v) is 3.18. The van der Waals surface area contributed by atoms with E-state index in [4.69, 9.17) is 9.47 Å². The van der Waals surface area contributed by atoms with Crippen molar-refractivity contribution in [2.24, 2.45) is 5.10 Å². The van der Waals surface area contributed by atoms with E-state index in [1.54, 1.807) is 18.0 Å². The molecule has 32 heavy (non-hydrogen) atoms. The minimum absolute atomic E-state index is 0.0820. The molecule has 0 N–H and O–H groups in total. The summed E-state index contributed by atoms with van der Waals surface area (Å²) in [7, 11) is 5.65. The summed E-state index contributed by atoms with van der Waals surface area (Å²) >= 11 is 0. The predicted octanol–water partition coefficient (Wildman–Crippen LogP) is 3.74. The first-order chi connectivity index (χ1) is 15.2. The number of ether oxygens (including phenoxy) is 2. The van der Waals surface area contributed by atoms with Crippen LogP contribution in [0.4, 0.5) is 5.69 Å². The molecule has 0 aliphatic heterocycles. The van der Waals surface area contributed by atoms with Crippen LogP contribution in [0.5, 0.6) is 5.75 Å². The average molecular weight is 436 g/mol. The quantitative estimate of drug-likeness (QED) is 0.322. The molecule has 0 aliphatic carbocycles. The molecule has 0 amide bonds. The van der Waals surface area contributed by atoms with E-state index >= 15 is 0 Å². The maximum atomic E-state index is 12.5. The van der Waals surface area contributed by atoms with Gasteiger partial charge in [-0.2, -0.15) is 0 Å². The van der Waals surface area contributed by atoms with E-state index in [1.807, 2.05) is 105 Å². The molecule has 168 valence electrons. The summed E-state index contributed by atoms with van der Waals surface area (Å²) in [4.78, 5) is 14.5. The topological polar surface area (TPSA) is 59.9 Å². The Balaban J connectivity index is 1.94. The summed E-state index contributed by atoms with van der Waals surface area (Å²) in [5.41, 5.74) is 2.46. The molecular weight excluding hydrogens is 404 g/mol. The number of methoxy groups -OCH3 is 1. The van der Waals surface area contributed by atoms with Crippen molar-refractivity contribution in [2.75, 3.05) is 26.1 Å². The van der Waals surface area contributed by atoms with Gasteiger partial charge in [0, 0.05) is 19.8 Å². The van der Waals surface area contributed by atoms with Crippen LogP contribution in [0.15, 0.2) is 66.0 Å². The number of benzene rings is 2. The Morgan fingerprint density at radius 1 is 1.09 bits per heavy atom. The molecule has 0 atom stereocenters. The first-order valence-corrected chi connectivity index (χ1v) is 10.4. The van der Waals surface area contributed by atoms with Gasteiger partial charge in [0.1, 0.15) is 17.5 Å². The van der Waals surface area contributed by atoms with Crippen molar-refractivity contribution < 1.29 is 18.8 Å². The number of hydrogen-bond acceptors (Lipinski definition) is 5. The standard InChI is InChI=1S/C25H31N4O3/c1-25(2,3)32-23(30)18-28-15-16-29(24(28)20-9-13-22(31-6)14-10-20)26-17-19-7-11-21(12-8-19)27(4)5/h7-17H,18H2,1-6H3/q+1. The smallest absolute Gasteiger partial charge is 0.349 e. The van der Waals surface area contributed by atoms with Crippen molar-refractivity contribution in [3.63, 3.8) is 0 Å². The average Bonchev–Trinajstić information content (AvgIpc) is 3.13. The summed E-state index contributed by atoms with van der Waals surface area (Å²) in [6.07, 6.45) is 5.45. The van der Waals surface area contributed by atoms with Gasteiger partial charge >= 0.3 is 11.8 Å². The number of aromatic nitrogens is 2. The van der Waals surface area contributed by atoms with Crippen LogP contribution >= 0.6 is 0 Å². The SMILES string of the molecule is COc1ccc(-c2n(N=Cc3ccc(N(C)C)cc3)cc[n+]2CC(=O)OC(C)(C)C)cc1. The second-order valence-corrected chi connectivity index (χ2v) is 8.64. The number of rotatable bonds is 7. The molecule has 0 saturated carbocycles. The van der Waals surface area contributed by atoms with Gasteiger partial charge in [0.15, 0.2) is 12.7 Å². The van der Waals surface area contributed by atoms with Crippen molar-refractivity contribution in [3.05, 3.63) is 66.5 Å². The van der Waals surface area contributed by atoms with E-state index in [1.165, 1.54) is 0 Å². The zero-order chi connectivity index (χ0) is 23.3. The van der Waals surface area contributed by atoms with Crippen molar-refractivity contribution in [1.82, 2.24) is 4.68 Å². The van der Waals surface area contributed by atoms with Crippen molar-refractivity contribution in [1.29, 1.82) is 0 Å². The Morgan fingerprint density at radius 3 is 2.31 bits per heavy atom. The molecular formula is C25H31N4O3+. The Hall–Kier alpha value is -3.61. The van der Waals surface area contributed by atoms with Crippen LogP contribution in [0.2, 0.25) is 0 Å². The lowest BCUT2D eigenvalue weighted by atomic mass is 10.2. The van der Waals surface area contributed by atoms with Gasteiger partial charge in [0.2, 0.25) is 0 Å². The van der Waals surface area contributed by atoms with Crippen LogP contribution in [0.25, 0.3) is 11.4 Å². The Morgan fingerprint density at radius 2 is 1.75 bits per heavy atom. The minimum Gasteiger partial charge on any atom is -0.497 e. The maximum Gasteiger partial charge on any atom is 0.349 e. The highest BCUT2D eigenvalue weighted by molar-refractivity contribution is 5.80. The molecule has 3 rings (SSSR count). The third kappa shape index (κ3) is 5.97. The number of imidazole rings is 1. The van der Waals surface area contributed by atoms with Crippen LogP contribution in [-0.2, 0) is 16.1 Å². The molecule has 3 aromatic rings. The number of carbonyl (C=O) groups excluding carboxylic acids is 1. The highest BCUT2D eigenvalue weighted by Crippen LogP contribution is 2.21. The second-order valence-electron chi connectivity index (χ2n) is 8.64. The van der Waals surface area contributed by atoms with E-state index in [0.717, 1.165) is 28.4 Å². The number of hydrogen-bond donors (Lipinski definition) is 0. The number of anilines is 1. The van der Waals surface area contributed by atoms with E-state index < -0.39 is 5.60 Å². The van der Waals surface area contributed by atoms with Crippen LogP contribution in [-0.4, -0.2) is 43.7 Å². The first-order valence-electron chi connectivity index (χ1n) is 10.4. The monoisotopic (exact) mass is 435 g/mol. The van der Waals surface area contributed by atoms with Crippen LogP contribution in [0.1, 0.15) is 26.3 Å². The number of carbonyl (C=O) groups is 1. The molecule has 0 fully saturated rings. The summed E-state index contributed by atoms with van der Waals surface area (Å²) in [5.74, 6) is 1.22. The predicted molar refractivity (Wildman–Crippen MR) is 126 cm³/mol. The molecule has 0 radical (unpaired) electrons. The Kier molecular flexibility index (Phi) is 6.98. The van der Waals surface area contributed by atoms with Gasteiger partial charge in [-0.3, -0.25) is 0 Å². The van der Waals surface area contributed by atoms with Gasteiger partial charge in [-0.1, -0.05) is 17.2 Å². The Bertz CT molecular complexity index is 1080. The van der Waals surface area contributed by atoms with Crippen molar-refractivity contribution >= 4 is 17.9 Å². The maximum absolute atomic E-state index is 12.5. The van der Waals surface area contributed by atoms with Crippen LogP contribution in [0, 0.1) is 0 Å². The fraction of sp³-hybridized carbons (Fsp3) is 0.320. The number of nitrogens with zero attached hydrogens (tertiary/aromatic N) is 4. The summed E-state index contributed by atoms with van der Waals surface area (Å²) < 4.78 is 14.4. The summed E-state index contributed by atoms with van der Waals surface area (Å²) in [6, 6.07) is 15.8. The summed E-state index contributed by atoms with van der Waals surface area (Å²) in [5, 5.41) is 4.65. The molecule has 0 spiro atoms. The van der Waals surface area contributed by atoms with Gasteiger partial charge in [0.25, 0.3) is 0 Å². The third-order valence-corrected chi connectivity index (χ3v) is 4.69. The fourth-order valence-electron chi connectivity index (χ4n) is 3.18. The van der Waals surface area contributed by atoms with Gasteiger partial charge in [-0.15, -0.1) is 4.68 Å². The van der Waals surface area contributed by atoms with Crippen LogP contribution in [0.3, 0.4) is 0 Å². The molecule has 0 aliphatic rings. The van der Waals surface area contributed by atoms with E-state index in [9.17, 15) is 4.79 Å². The first kappa shape index (κ1) is 23.1. The number of esters is 1. The van der Waals surface area contributed by atoms with E-state index in [-0.39, 0.29) is 12.5 Å². The van der Waals surface area contributed by atoms with Gasteiger partial charge in [0.05, 0.1) is 18.9 Å². The summed E-state index contributed by atoms with van der Waals surface area (Å²) in [6.45, 7) is 5.66. The van der Waals surface area contributed by atoms with Gasteiger partial charge in [-0.25, -0.2) is 9.36 Å². The van der Waals surface area contributed by atoms with Crippen molar-refractivity contribution in [3.8, 4) is 17.1 Å². The van der Waals surface area contributed by atoms with Crippen LogP contribution < -0.4 is 14.2 Å². The molecule has 1 heterocycles. The third-order valence-electron chi connectivity index (χ3n) is 4.69. The van der Waals surface area contributed by atoms with Crippen molar-refractivity contribution in [2.45, 2.75) is 32.9 Å². The molecule has 2 aromatic carbocycles. The minimum atomic E-state index is -0.544. The largest absolute Gasteiger partial charge is 0.497 e. The van der Waals surface area contributed by atoms with E-state index in [2.05, 4.69) is 5.10 Å². The molecule has 0 bridgehead atoms. The molecule has 1 aromatic heterocycles. The zero-order valence-corrected chi connectivity index (χ0v) is 19.6. The highest BCUT2D eigenvalue weighted by atomic mass is 16.6. The highest BCUT2D eigenvalue weighted by Gasteiger charge is 2.24. The molecule has 0 unspecified atom stereocenters. The lowest BCUT2D eigenvalue weighted by Gasteiger charge is -2.18. The molecule has 0 saturated heterocycles. The normalized spacial score (nSPS) is 11.6. The van der Waals surface area contributed by atoms with Gasteiger partial charge in [-0.05, 0) is 62.7 Å².